The molecule has 18 heavy (non-hydrogen) atoms. The molecule has 6 heteroatoms. The second-order valence-electron chi connectivity index (χ2n) is 4.14. The van der Waals surface area contributed by atoms with Crippen LogP contribution in [0.2, 0.25) is 0 Å². The van der Waals surface area contributed by atoms with Gasteiger partial charge < -0.3 is 10.7 Å². The van der Waals surface area contributed by atoms with Crippen molar-refractivity contribution in [3.63, 3.8) is 0 Å². The Labute approximate surface area is 100 Å². The molecule has 3 N–H and O–H groups in total. The number of carbonyl (C=O) groups excluding carboxylic acids is 1. The molecule has 0 atom stereocenters. The minimum Gasteiger partial charge on any atom is -0.366 e. The summed E-state index contributed by atoms with van der Waals surface area (Å²) in [5, 5.41) is 0. The van der Waals surface area contributed by atoms with Crippen LogP contribution in [0, 0.1) is 0 Å². The van der Waals surface area contributed by atoms with Gasteiger partial charge in [0.25, 0.3) is 0 Å². The molecule has 0 radical (unpaired) electrons. The van der Waals surface area contributed by atoms with Crippen molar-refractivity contribution in [3.05, 3.63) is 50.0 Å². The van der Waals surface area contributed by atoms with Crippen molar-refractivity contribution < 1.29 is 4.79 Å². The number of aromatic nitrogens is 2. The average Bonchev–Trinajstić information content (AvgIpc) is 2.35. The van der Waals surface area contributed by atoms with Crippen LogP contribution in [-0.2, 0) is 11.2 Å². The molecule has 0 bridgehead atoms. The Kier molecular flexibility index (Phi) is 2.00. The number of carbonyl (C=O) groups is 1. The molecule has 3 rings (SSSR count). The molecular formula is C12H9N3O3. The number of nitrogens with two attached hydrogens (primary N) is 1. The molecule has 1 amide bonds. The van der Waals surface area contributed by atoms with E-state index >= 15 is 0 Å². The Morgan fingerprint density at radius 3 is 2.83 bits per heavy atom. The van der Waals surface area contributed by atoms with E-state index in [0.717, 1.165) is 5.56 Å². The Morgan fingerprint density at radius 2 is 2.11 bits per heavy atom. The molecule has 90 valence electrons. The Bertz CT molecular complexity index is 827. The minimum atomic E-state index is -0.721. The lowest BCUT2D eigenvalue weighted by Crippen LogP contribution is -2.36. The standard InChI is InChI=1S/C12H9N3O3/c13-10(16)7-4-6-2-1-3-8-9(6)15(5-7)12(18)11(17)14-8/h1-3,5H,4H2,(H2,13,16)(H,14,17). The fourth-order valence-corrected chi connectivity index (χ4v) is 2.19. The second kappa shape index (κ2) is 3.43. The van der Waals surface area contributed by atoms with Gasteiger partial charge in [-0.15, -0.1) is 0 Å². The van der Waals surface area contributed by atoms with E-state index in [1.807, 2.05) is 0 Å². The predicted molar refractivity (Wildman–Crippen MR) is 66.0 cm³/mol. The maximum Gasteiger partial charge on any atom is 0.320 e. The van der Waals surface area contributed by atoms with Gasteiger partial charge in [0.05, 0.1) is 11.0 Å². The van der Waals surface area contributed by atoms with Crippen LogP contribution in [-0.4, -0.2) is 15.5 Å². The summed E-state index contributed by atoms with van der Waals surface area (Å²) in [5.41, 5.74) is 6.08. The molecule has 2 heterocycles. The number of nitrogens with zero attached hydrogens (tertiary/aromatic N) is 1. The van der Waals surface area contributed by atoms with E-state index in [-0.39, 0.29) is 0 Å². The van der Waals surface area contributed by atoms with Crippen LogP contribution in [0.4, 0.5) is 0 Å². The van der Waals surface area contributed by atoms with Gasteiger partial charge >= 0.3 is 11.1 Å². The van der Waals surface area contributed by atoms with Gasteiger partial charge in [-0.3, -0.25) is 19.0 Å². The first-order chi connectivity index (χ1) is 8.58. The highest BCUT2D eigenvalue weighted by molar-refractivity contribution is 5.98. The molecule has 0 unspecified atom stereocenters. The first-order valence-electron chi connectivity index (χ1n) is 5.35. The quantitative estimate of drug-likeness (QED) is 0.665. The van der Waals surface area contributed by atoms with Crippen LogP contribution >= 0.6 is 0 Å². The lowest BCUT2D eigenvalue weighted by molar-refractivity contribution is -0.114. The number of para-hydroxylation sites is 1. The van der Waals surface area contributed by atoms with E-state index in [1.54, 1.807) is 18.2 Å². The highest BCUT2D eigenvalue weighted by Crippen LogP contribution is 2.22. The zero-order chi connectivity index (χ0) is 12.9. The first-order valence-corrected chi connectivity index (χ1v) is 5.35. The van der Waals surface area contributed by atoms with E-state index < -0.39 is 17.0 Å². The number of rotatable bonds is 1. The summed E-state index contributed by atoms with van der Waals surface area (Å²) in [6.07, 6.45) is 1.70. The van der Waals surface area contributed by atoms with Gasteiger partial charge in [0.15, 0.2) is 0 Å². The monoisotopic (exact) mass is 243 g/mol. The average molecular weight is 243 g/mol. The highest BCUT2D eigenvalue weighted by Gasteiger charge is 2.18. The van der Waals surface area contributed by atoms with Crippen molar-refractivity contribution in [2.75, 3.05) is 0 Å². The van der Waals surface area contributed by atoms with Crippen LogP contribution in [0.15, 0.2) is 33.4 Å². The van der Waals surface area contributed by atoms with Crippen molar-refractivity contribution in [1.29, 1.82) is 0 Å². The Morgan fingerprint density at radius 1 is 1.33 bits per heavy atom. The fraction of sp³-hybridized carbons (Fsp3) is 0.0833. The van der Waals surface area contributed by atoms with Crippen LogP contribution < -0.4 is 16.9 Å². The van der Waals surface area contributed by atoms with Crippen LogP contribution in [0.1, 0.15) is 5.56 Å². The maximum absolute atomic E-state index is 11.8. The first kappa shape index (κ1) is 10.5. The molecule has 0 spiro atoms. The van der Waals surface area contributed by atoms with Crippen molar-refractivity contribution in [2.45, 2.75) is 6.42 Å². The number of H-pyrrole nitrogens is 1. The number of hydrogen-bond acceptors (Lipinski definition) is 3. The van der Waals surface area contributed by atoms with E-state index in [9.17, 15) is 14.4 Å². The summed E-state index contributed by atoms with van der Waals surface area (Å²) >= 11 is 0. The van der Waals surface area contributed by atoms with Crippen molar-refractivity contribution in [3.8, 4) is 0 Å². The molecule has 6 nitrogen and oxygen atoms in total. The molecule has 0 aliphatic carbocycles. The fourth-order valence-electron chi connectivity index (χ4n) is 2.19. The van der Waals surface area contributed by atoms with Crippen molar-refractivity contribution >= 4 is 23.1 Å². The third kappa shape index (κ3) is 1.32. The number of aromatic amines is 1. The van der Waals surface area contributed by atoms with E-state index in [4.69, 9.17) is 5.73 Å². The molecule has 1 aromatic heterocycles. The minimum absolute atomic E-state index is 0.308. The molecule has 0 saturated carbocycles. The number of hydrogen-bond donors (Lipinski definition) is 2. The van der Waals surface area contributed by atoms with Crippen LogP contribution in [0.25, 0.3) is 17.2 Å². The number of primary amides is 1. The topological polar surface area (TPSA) is 97.9 Å². The Balaban J connectivity index is 2.52. The summed E-state index contributed by atoms with van der Waals surface area (Å²) in [6, 6.07) is 5.26. The predicted octanol–water partition coefficient (Wildman–Crippen LogP) is -0.428. The van der Waals surface area contributed by atoms with Crippen molar-refractivity contribution in [2.24, 2.45) is 5.73 Å². The molecule has 1 aromatic carbocycles. The summed E-state index contributed by atoms with van der Waals surface area (Å²) in [6.45, 7) is 0. The highest BCUT2D eigenvalue weighted by atomic mass is 16.2. The lowest BCUT2D eigenvalue weighted by Gasteiger charge is -2.16. The van der Waals surface area contributed by atoms with E-state index in [0.29, 0.717) is 23.0 Å². The largest absolute Gasteiger partial charge is 0.366 e. The number of benzene rings is 1. The third-order valence-corrected chi connectivity index (χ3v) is 3.00. The van der Waals surface area contributed by atoms with Gasteiger partial charge in [0.2, 0.25) is 5.91 Å². The van der Waals surface area contributed by atoms with Crippen molar-refractivity contribution in [1.82, 2.24) is 9.55 Å². The third-order valence-electron chi connectivity index (χ3n) is 3.00. The normalized spacial score (nSPS) is 13.4. The molecule has 0 fully saturated rings. The summed E-state index contributed by atoms with van der Waals surface area (Å²) < 4.78 is 1.19. The van der Waals surface area contributed by atoms with Crippen LogP contribution in [0.5, 0.6) is 0 Å². The molecule has 2 aromatic rings. The second-order valence-corrected chi connectivity index (χ2v) is 4.14. The summed E-state index contributed by atoms with van der Waals surface area (Å²) in [5.74, 6) is -0.593. The van der Waals surface area contributed by atoms with Gasteiger partial charge in [0, 0.05) is 18.2 Å². The zero-order valence-corrected chi connectivity index (χ0v) is 9.27. The molecule has 1 aliphatic rings. The summed E-state index contributed by atoms with van der Waals surface area (Å²) in [7, 11) is 0. The molecule has 0 saturated heterocycles. The van der Waals surface area contributed by atoms with Crippen LogP contribution in [0.3, 0.4) is 0 Å². The van der Waals surface area contributed by atoms with Gasteiger partial charge in [0.1, 0.15) is 0 Å². The van der Waals surface area contributed by atoms with Gasteiger partial charge in [-0.25, -0.2) is 0 Å². The zero-order valence-electron chi connectivity index (χ0n) is 9.27. The Hall–Kier alpha value is -2.63. The van der Waals surface area contributed by atoms with E-state index in [1.165, 1.54) is 10.8 Å². The molecule has 1 aliphatic heterocycles. The lowest BCUT2D eigenvalue weighted by atomic mass is 10.0. The summed E-state index contributed by atoms with van der Waals surface area (Å²) in [4.78, 5) is 37.0. The van der Waals surface area contributed by atoms with E-state index in [2.05, 4.69) is 4.98 Å². The van der Waals surface area contributed by atoms with Gasteiger partial charge in [-0.05, 0) is 11.6 Å². The van der Waals surface area contributed by atoms with Gasteiger partial charge in [-0.1, -0.05) is 12.1 Å². The maximum atomic E-state index is 11.8. The molecular weight excluding hydrogens is 234 g/mol. The van der Waals surface area contributed by atoms with Gasteiger partial charge in [-0.2, -0.15) is 0 Å². The number of amides is 1. The smallest absolute Gasteiger partial charge is 0.320 e. The number of nitrogens with one attached hydrogen (secondary N) is 1. The SMILES string of the molecule is NC(=O)C1=Cn2c(=O)c(=O)[nH]c3cccc(c32)C1.